The highest BCUT2D eigenvalue weighted by Gasteiger charge is 2.38. The van der Waals surface area contributed by atoms with Crippen LogP contribution in [0.4, 0.5) is 0 Å². The van der Waals surface area contributed by atoms with Gasteiger partial charge in [-0.2, -0.15) is 0 Å². The van der Waals surface area contributed by atoms with Gasteiger partial charge in [-0.25, -0.2) is 14.2 Å². The van der Waals surface area contributed by atoms with Crippen molar-refractivity contribution in [3.05, 3.63) is 67.2 Å². The zero-order valence-electron chi connectivity index (χ0n) is 20.3. The lowest BCUT2D eigenvalue weighted by atomic mass is 10.0. The molecule has 0 saturated heterocycles. The molecule has 1 atom stereocenters. The van der Waals surface area contributed by atoms with Gasteiger partial charge in [0.1, 0.15) is 16.0 Å². The molecule has 1 unspecified atom stereocenters. The first kappa shape index (κ1) is 24.9. The van der Waals surface area contributed by atoms with Crippen molar-refractivity contribution in [2.24, 2.45) is 0 Å². The number of ether oxygens (including phenoxy) is 1. The van der Waals surface area contributed by atoms with E-state index in [0.717, 1.165) is 15.0 Å². The van der Waals surface area contributed by atoms with Gasteiger partial charge in [-0.1, -0.05) is 37.3 Å². The van der Waals surface area contributed by atoms with Crippen LogP contribution in [0.1, 0.15) is 63.7 Å². The molecular formula is C25H32N2O5S. The van der Waals surface area contributed by atoms with Crippen molar-refractivity contribution in [1.82, 2.24) is 9.13 Å². The van der Waals surface area contributed by atoms with Gasteiger partial charge in [0.05, 0.1) is 18.0 Å². The summed E-state index contributed by atoms with van der Waals surface area (Å²) in [7, 11) is 0. The number of thiophene rings is 1. The summed E-state index contributed by atoms with van der Waals surface area (Å²) in [6.45, 7) is 12.0. The fourth-order valence-electron chi connectivity index (χ4n) is 3.83. The Morgan fingerprint density at radius 3 is 2.27 bits per heavy atom. The standard InChI is InChI=1S/C25H32N2O5S/c1-8-18-15(2)19-20(29)27(25(6,7)22(30)32-24(3,4)5)23(31)26(21(19)33-18)14-17(28)16-12-10-9-11-13-16/h9-13,17,28H,8,14H2,1-7H3. The molecule has 0 radical (unpaired) electrons. The van der Waals surface area contributed by atoms with Crippen LogP contribution in [0.15, 0.2) is 39.9 Å². The summed E-state index contributed by atoms with van der Waals surface area (Å²) < 4.78 is 7.92. The highest BCUT2D eigenvalue weighted by Crippen LogP contribution is 2.30. The Hall–Kier alpha value is -2.71. The maximum absolute atomic E-state index is 13.7. The number of fused-ring (bicyclic) bond motifs is 1. The second kappa shape index (κ2) is 8.91. The topological polar surface area (TPSA) is 90.5 Å². The molecule has 7 nitrogen and oxygen atoms in total. The van der Waals surface area contributed by atoms with Crippen molar-refractivity contribution in [3.8, 4) is 0 Å². The second-order valence-electron chi connectivity index (χ2n) is 9.71. The van der Waals surface area contributed by atoms with Crippen molar-refractivity contribution in [1.29, 1.82) is 0 Å². The van der Waals surface area contributed by atoms with Gasteiger partial charge in [-0.3, -0.25) is 9.36 Å². The summed E-state index contributed by atoms with van der Waals surface area (Å²) in [4.78, 5) is 41.9. The molecule has 0 amide bonds. The third-order valence-electron chi connectivity index (χ3n) is 5.63. The van der Waals surface area contributed by atoms with Gasteiger partial charge in [0, 0.05) is 4.88 Å². The SMILES string of the molecule is CCc1sc2c(c1C)c(=O)n(C(C)(C)C(=O)OC(C)(C)C)c(=O)n2CC(O)c1ccccc1. The van der Waals surface area contributed by atoms with Crippen LogP contribution in [0.25, 0.3) is 10.2 Å². The first-order valence-electron chi connectivity index (χ1n) is 11.0. The predicted molar refractivity (Wildman–Crippen MR) is 131 cm³/mol. The molecule has 3 rings (SSSR count). The molecular weight excluding hydrogens is 440 g/mol. The van der Waals surface area contributed by atoms with Crippen LogP contribution in [-0.4, -0.2) is 25.8 Å². The van der Waals surface area contributed by atoms with Gasteiger partial charge < -0.3 is 9.84 Å². The third kappa shape index (κ3) is 4.68. The molecule has 2 aromatic heterocycles. The van der Waals surface area contributed by atoms with Crippen molar-refractivity contribution < 1.29 is 14.6 Å². The second-order valence-corrected chi connectivity index (χ2v) is 10.8. The molecule has 8 heteroatoms. The monoisotopic (exact) mass is 472 g/mol. The van der Waals surface area contributed by atoms with E-state index in [-0.39, 0.29) is 6.54 Å². The average Bonchev–Trinajstić information content (AvgIpc) is 3.06. The number of aromatic nitrogens is 2. The Morgan fingerprint density at radius 1 is 1.12 bits per heavy atom. The maximum Gasteiger partial charge on any atom is 0.333 e. The van der Waals surface area contributed by atoms with E-state index in [4.69, 9.17) is 4.74 Å². The summed E-state index contributed by atoms with van der Waals surface area (Å²) >= 11 is 1.38. The minimum atomic E-state index is -1.55. The van der Waals surface area contributed by atoms with Crippen LogP contribution in [0.2, 0.25) is 0 Å². The lowest BCUT2D eigenvalue weighted by Crippen LogP contribution is -2.54. The number of hydrogen-bond donors (Lipinski definition) is 1. The molecule has 1 N–H and O–H groups in total. The van der Waals surface area contributed by atoms with Gasteiger partial charge in [-0.05, 0) is 59.1 Å². The van der Waals surface area contributed by atoms with E-state index in [1.54, 1.807) is 32.9 Å². The minimum Gasteiger partial charge on any atom is -0.458 e. The van der Waals surface area contributed by atoms with Gasteiger partial charge in [0.15, 0.2) is 0 Å². The number of aliphatic hydroxyl groups excluding tert-OH is 1. The van der Waals surface area contributed by atoms with Gasteiger partial charge in [-0.15, -0.1) is 11.3 Å². The molecule has 0 fully saturated rings. The van der Waals surface area contributed by atoms with Crippen molar-refractivity contribution in [2.75, 3.05) is 0 Å². The smallest absolute Gasteiger partial charge is 0.333 e. The lowest BCUT2D eigenvalue weighted by Gasteiger charge is -2.30. The third-order valence-corrected chi connectivity index (χ3v) is 7.09. The number of benzene rings is 1. The van der Waals surface area contributed by atoms with E-state index in [1.165, 1.54) is 29.8 Å². The normalized spacial score (nSPS) is 13.3. The summed E-state index contributed by atoms with van der Waals surface area (Å²) in [5.74, 6) is -0.674. The summed E-state index contributed by atoms with van der Waals surface area (Å²) in [6, 6.07) is 9.04. The fourth-order valence-corrected chi connectivity index (χ4v) is 5.07. The van der Waals surface area contributed by atoms with E-state index >= 15 is 0 Å². The van der Waals surface area contributed by atoms with Crippen LogP contribution < -0.4 is 11.2 Å². The van der Waals surface area contributed by atoms with Crippen LogP contribution in [0.3, 0.4) is 0 Å². The Balaban J connectivity index is 2.29. The predicted octanol–water partition coefficient (Wildman–Crippen LogP) is 3.91. The van der Waals surface area contributed by atoms with Crippen LogP contribution in [0, 0.1) is 6.92 Å². The van der Waals surface area contributed by atoms with Crippen molar-refractivity contribution >= 4 is 27.5 Å². The van der Waals surface area contributed by atoms with Crippen molar-refractivity contribution in [3.63, 3.8) is 0 Å². The largest absolute Gasteiger partial charge is 0.458 e. The molecule has 33 heavy (non-hydrogen) atoms. The molecule has 1 aromatic carbocycles. The number of carbonyl (C=O) groups excluding carboxylic acids is 1. The van der Waals surface area contributed by atoms with Crippen molar-refractivity contribution in [2.45, 2.75) is 78.7 Å². The number of carbonyl (C=O) groups is 1. The van der Waals surface area contributed by atoms with Crippen LogP contribution >= 0.6 is 11.3 Å². The zero-order valence-corrected chi connectivity index (χ0v) is 21.1. The number of aryl methyl sites for hydroxylation is 2. The fraction of sp³-hybridized carbons (Fsp3) is 0.480. The Morgan fingerprint density at radius 2 is 1.73 bits per heavy atom. The highest BCUT2D eigenvalue weighted by molar-refractivity contribution is 7.18. The average molecular weight is 473 g/mol. The molecule has 0 aliphatic carbocycles. The number of hydrogen-bond acceptors (Lipinski definition) is 6. The first-order valence-corrected chi connectivity index (χ1v) is 11.9. The van der Waals surface area contributed by atoms with Crippen LogP contribution in [-0.2, 0) is 28.0 Å². The number of aliphatic hydroxyl groups is 1. The number of esters is 1. The molecule has 0 aliphatic heterocycles. The van der Waals surface area contributed by atoms with E-state index in [0.29, 0.717) is 22.2 Å². The summed E-state index contributed by atoms with van der Waals surface area (Å²) in [5.41, 5.74) is -2.05. The molecule has 0 saturated carbocycles. The summed E-state index contributed by atoms with van der Waals surface area (Å²) in [5, 5.41) is 11.3. The number of nitrogens with zero attached hydrogens (tertiary/aromatic N) is 2. The van der Waals surface area contributed by atoms with E-state index < -0.39 is 34.5 Å². The Bertz CT molecular complexity index is 1290. The molecule has 0 spiro atoms. The van der Waals surface area contributed by atoms with Gasteiger partial charge in [0.2, 0.25) is 0 Å². The molecule has 0 aliphatic rings. The lowest BCUT2D eigenvalue weighted by molar-refractivity contribution is -0.164. The molecule has 178 valence electrons. The molecule has 0 bridgehead atoms. The van der Waals surface area contributed by atoms with Gasteiger partial charge >= 0.3 is 11.7 Å². The zero-order chi connectivity index (χ0) is 24.7. The van der Waals surface area contributed by atoms with E-state index in [2.05, 4.69) is 0 Å². The minimum absolute atomic E-state index is 0.0485. The Kier molecular flexibility index (Phi) is 6.73. The van der Waals surface area contributed by atoms with Crippen LogP contribution in [0.5, 0.6) is 0 Å². The number of rotatable bonds is 6. The van der Waals surface area contributed by atoms with E-state index in [1.807, 2.05) is 32.0 Å². The molecule has 3 aromatic rings. The molecule has 2 heterocycles. The quantitative estimate of drug-likeness (QED) is 0.550. The summed E-state index contributed by atoms with van der Waals surface area (Å²) in [6.07, 6.45) is -0.259. The first-order chi connectivity index (χ1) is 15.3. The maximum atomic E-state index is 13.7. The Labute approximate surface area is 197 Å². The van der Waals surface area contributed by atoms with E-state index in [9.17, 15) is 19.5 Å². The van der Waals surface area contributed by atoms with Gasteiger partial charge in [0.25, 0.3) is 5.56 Å². The highest BCUT2D eigenvalue weighted by atomic mass is 32.1.